The molecule has 0 radical (unpaired) electrons. The van der Waals surface area contributed by atoms with Crippen LogP contribution in [0.5, 0.6) is 0 Å². The molecule has 104 valence electrons. The minimum absolute atomic E-state index is 0.776. The van der Waals surface area contributed by atoms with Gasteiger partial charge in [-0.05, 0) is 26.0 Å². The Hall–Kier alpha value is -1.64. The lowest BCUT2D eigenvalue weighted by Gasteiger charge is -2.32. The summed E-state index contributed by atoms with van der Waals surface area (Å²) in [4.78, 5) is 4.02. The van der Waals surface area contributed by atoms with Gasteiger partial charge in [0.15, 0.2) is 5.72 Å². The molecule has 19 heavy (non-hydrogen) atoms. The van der Waals surface area contributed by atoms with Gasteiger partial charge in [0.1, 0.15) is 0 Å². The van der Waals surface area contributed by atoms with Gasteiger partial charge < -0.3 is 5.43 Å². The van der Waals surface area contributed by atoms with E-state index < -0.39 is 15.8 Å². The second kappa shape index (κ2) is 4.80. The number of nitrogens with zero attached hydrogens (tertiary/aromatic N) is 2. The second-order valence-corrected chi connectivity index (χ2v) is 6.20. The van der Waals surface area contributed by atoms with Crippen molar-refractivity contribution in [2.75, 3.05) is 6.26 Å². The van der Waals surface area contributed by atoms with Gasteiger partial charge in [0.25, 0.3) is 10.1 Å². The molecule has 0 amide bonds. The van der Waals surface area contributed by atoms with Crippen LogP contribution in [0.2, 0.25) is 0 Å². The first kappa shape index (κ1) is 13.8. The van der Waals surface area contributed by atoms with Crippen molar-refractivity contribution in [1.29, 1.82) is 0 Å². The predicted molar refractivity (Wildman–Crippen MR) is 70.3 cm³/mol. The molecule has 2 rings (SSSR count). The molecule has 0 bridgehead atoms. The largest absolute Gasteiger partial charge is 0.302 e. The SMILES string of the molecule is CC(C)(OS(C)(=O)=O)N1C=C(c2cccnc2)NN1. The van der Waals surface area contributed by atoms with E-state index in [9.17, 15) is 8.42 Å². The van der Waals surface area contributed by atoms with Crippen molar-refractivity contribution >= 4 is 15.8 Å². The smallest absolute Gasteiger partial charge is 0.266 e. The summed E-state index contributed by atoms with van der Waals surface area (Å²) < 4.78 is 27.5. The van der Waals surface area contributed by atoms with E-state index in [1.54, 1.807) is 32.4 Å². The monoisotopic (exact) mass is 284 g/mol. The molecule has 1 aliphatic rings. The van der Waals surface area contributed by atoms with Gasteiger partial charge in [-0.2, -0.15) is 8.42 Å². The average molecular weight is 284 g/mol. The summed E-state index contributed by atoms with van der Waals surface area (Å²) in [6.07, 6.45) is 6.13. The maximum absolute atomic E-state index is 11.2. The van der Waals surface area contributed by atoms with E-state index in [2.05, 4.69) is 15.9 Å². The van der Waals surface area contributed by atoms with Crippen molar-refractivity contribution in [2.24, 2.45) is 0 Å². The zero-order valence-corrected chi connectivity index (χ0v) is 11.7. The normalized spacial score (nSPS) is 16.2. The fourth-order valence-electron chi connectivity index (χ4n) is 1.68. The van der Waals surface area contributed by atoms with E-state index in [0.717, 1.165) is 17.5 Å². The third-order valence-electron chi connectivity index (χ3n) is 2.48. The van der Waals surface area contributed by atoms with Crippen LogP contribution in [0, 0.1) is 0 Å². The Kier molecular flexibility index (Phi) is 3.48. The van der Waals surface area contributed by atoms with Crippen molar-refractivity contribution in [3.63, 3.8) is 0 Å². The summed E-state index contributed by atoms with van der Waals surface area (Å²) in [6, 6.07) is 3.71. The molecule has 2 N–H and O–H groups in total. The second-order valence-electron chi connectivity index (χ2n) is 4.63. The first-order valence-electron chi connectivity index (χ1n) is 5.62. The van der Waals surface area contributed by atoms with Crippen LogP contribution in [0.1, 0.15) is 19.4 Å². The van der Waals surface area contributed by atoms with E-state index in [-0.39, 0.29) is 0 Å². The van der Waals surface area contributed by atoms with E-state index in [1.807, 2.05) is 12.1 Å². The number of hydrogen-bond donors (Lipinski definition) is 2. The molecule has 0 unspecified atom stereocenters. The zero-order chi connectivity index (χ0) is 14.1. The first-order valence-corrected chi connectivity index (χ1v) is 7.43. The molecule has 0 saturated heterocycles. The minimum atomic E-state index is -3.55. The fraction of sp³-hybridized carbons (Fsp3) is 0.364. The van der Waals surface area contributed by atoms with Crippen LogP contribution in [0.3, 0.4) is 0 Å². The Bertz CT molecular complexity index is 583. The van der Waals surface area contributed by atoms with Crippen LogP contribution in [0.15, 0.2) is 30.7 Å². The molecule has 0 fully saturated rings. The summed E-state index contributed by atoms with van der Waals surface area (Å²) in [7, 11) is -3.55. The van der Waals surface area contributed by atoms with Gasteiger partial charge in [-0.15, -0.1) is 5.53 Å². The van der Waals surface area contributed by atoms with Crippen LogP contribution < -0.4 is 11.0 Å². The molecule has 2 heterocycles. The third-order valence-corrected chi connectivity index (χ3v) is 3.19. The summed E-state index contributed by atoms with van der Waals surface area (Å²) in [5.41, 5.74) is 6.39. The standard InChI is InChI=1S/C11H16N4O3S/c1-11(2,18-19(3,16)17)15-8-10(13-14-15)9-5-4-6-12-7-9/h4-8,13-14H,1-3H3. The quantitative estimate of drug-likeness (QED) is 0.775. The summed E-state index contributed by atoms with van der Waals surface area (Å²) in [5, 5.41) is 1.54. The molecule has 0 spiro atoms. The summed E-state index contributed by atoms with van der Waals surface area (Å²) in [6.45, 7) is 3.29. The summed E-state index contributed by atoms with van der Waals surface area (Å²) in [5.74, 6) is 0. The lowest BCUT2D eigenvalue weighted by atomic mass is 10.2. The topological polar surface area (TPSA) is 83.6 Å². The predicted octanol–water partition coefficient (Wildman–Crippen LogP) is 0.417. The lowest BCUT2D eigenvalue weighted by molar-refractivity contribution is -0.0479. The highest BCUT2D eigenvalue weighted by molar-refractivity contribution is 7.86. The Morgan fingerprint density at radius 1 is 1.42 bits per heavy atom. The number of nitrogens with one attached hydrogen (secondary N) is 2. The van der Waals surface area contributed by atoms with Crippen LogP contribution in [0.4, 0.5) is 0 Å². The van der Waals surface area contributed by atoms with Gasteiger partial charge >= 0.3 is 0 Å². The third kappa shape index (κ3) is 3.43. The molecule has 0 aliphatic carbocycles. The highest BCUT2D eigenvalue weighted by atomic mass is 32.2. The van der Waals surface area contributed by atoms with Gasteiger partial charge in [0, 0.05) is 24.2 Å². The van der Waals surface area contributed by atoms with Gasteiger partial charge in [0.05, 0.1) is 12.0 Å². The van der Waals surface area contributed by atoms with Gasteiger partial charge in [-0.1, -0.05) is 0 Å². The van der Waals surface area contributed by atoms with E-state index in [4.69, 9.17) is 4.18 Å². The number of hydrogen-bond acceptors (Lipinski definition) is 7. The lowest BCUT2D eigenvalue weighted by Crippen LogP contribution is -2.51. The molecular weight excluding hydrogens is 268 g/mol. The van der Waals surface area contributed by atoms with Crippen molar-refractivity contribution < 1.29 is 12.6 Å². The van der Waals surface area contributed by atoms with Crippen molar-refractivity contribution in [3.05, 3.63) is 36.3 Å². The van der Waals surface area contributed by atoms with Crippen LogP contribution >= 0.6 is 0 Å². The zero-order valence-electron chi connectivity index (χ0n) is 10.9. The highest BCUT2D eigenvalue weighted by Crippen LogP contribution is 2.22. The molecule has 1 aliphatic heterocycles. The molecule has 7 nitrogen and oxygen atoms in total. The number of rotatable bonds is 4. The Labute approximate surface area is 112 Å². The molecule has 0 aromatic carbocycles. The van der Waals surface area contributed by atoms with Gasteiger partial charge in [-0.3, -0.25) is 9.99 Å². The maximum atomic E-state index is 11.2. The van der Waals surface area contributed by atoms with E-state index in [0.29, 0.717) is 0 Å². The molecule has 0 saturated carbocycles. The number of aromatic nitrogens is 1. The molecule has 1 aromatic rings. The molecule has 1 aromatic heterocycles. The molecule has 0 atom stereocenters. The number of pyridine rings is 1. The van der Waals surface area contributed by atoms with Crippen molar-refractivity contribution in [2.45, 2.75) is 19.6 Å². The van der Waals surface area contributed by atoms with Crippen molar-refractivity contribution in [1.82, 2.24) is 21.0 Å². The average Bonchev–Trinajstić information content (AvgIpc) is 2.77. The summed E-state index contributed by atoms with van der Waals surface area (Å²) >= 11 is 0. The Balaban J connectivity index is 2.19. The van der Waals surface area contributed by atoms with E-state index >= 15 is 0 Å². The van der Waals surface area contributed by atoms with Gasteiger partial charge in [-0.25, -0.2) is 4.18 Å². The molecular formula is C11H16N4O3S. The van der Waals surface area contributed by atoms with Gasteiger partial charge in [0.2, 0.25) is 0 Å². The highest BCUT2D eigenvalue weighted by Gasteiger charge is 2.33. The van der Waals surface area contributed by atoms with Crippen molar-refractivity contribution in [3.8, 4) is 0 Å². The van der Waals surface area contributed by atoms with Crippen LogP contribution in [-0.4, -0.2) is 30.4 Å². The Morgan fingerprint density at radius 3 is 2.74 bits per heavy atom. The van der Waals surface area contributed by atoms with Crippen LogP contribution in [0.25, 0.3) is 5.70 Å². The van der Waals surface area contributed by atoms with E-state index in [1.165, 1.54) is 5.01 Å². The fourth-order valence-corrected chi connectivity index (χ4v) is 2.50. The minimum Gasteiger partial charge on any atom is -0.302 e. The Morgan fingerprint density at radius 2 is 2.16 bits per heavy atom. The first-order chi connectivity index (χ1) is 8.78. The number of hydrazine groups is 2. The maximum Gasteiger partial charge on any atom is 0.266 e. The van der Waals surface area contributed by atoms with Crippen LogP contribution in [-0.2, 0) is 14.3 Å². The molecule has 8 heteroatoms.